The third-order valence-corrected chi connectivity index (χ3v) is 5.55. The van der Waals surface area contributed by atoms with Crippen LogP contribution in [0.5, 0.6) is 11.5 Å². The molecule has 1 atom stereocenters. The number of hydrogen-bond donors (Lipinski definition) is 1. The zero-order valence-electron chi connectivity index (χ0n) is 15.3. The van der Waals surface area contributed by atoms with Crippen LogP contribution in [-0.4, -0.2) is 13.0 Å². The summed E-state index contributed by atoms with van der Waals surface area (Å²) < 4.78 is 91.8. The molecule has 0 aliphatic carbocycles. The molecule has 4 nitrogen and oxygen atoms in total. The lowest BCUT2D eigenvalue weighted by molar-refractivity contribution is 0.347. The molecule has 3 aromatic carbocycles. The van der Waals surface area contributed by atoms with Crippen LogP contribution in [0.25, 0.3) is 10.8 Å². The van der Waals surface area contributed by atoms with Gasteiger partial charge in [0.05, 0.1) is 0 Å². The molecule has 0 aromatic heterocycles. The Bertz CT molecular complexity index is 1180. The third kappa shape index (κ3) is 3.92. The molecule has 1 N–H and O–H groups in total. The first-order valence-electron chi connectivity index (χ1n) is 8.59. The van der Waals surface area contributed by atoms with Crippen LogP contribution in [0.3, 0.4) is 0 Å². The van der Waals surface area contributed by atoms with Gasteiger partial charge >= 0.3 is 10.1 Å². The van der Waals surface area contributed by atoms with Gasteiger partial charge in [0.2, 0.25) is 17.4 Å². The van der Waals surface area contributed by atoms with E-state index in [0.717, 1.165) is 17.4 Å². The summed E-state index contributed by atoms with van der Waals surface area (Å²) in [5, 5.41) is 1.49. The molecule has 0 saturated heterocycles. The summed E-state index contributed by atoms with van der Waals surface area (Å²) in [4.78, 5) is -2.11. The smallest absolute Gasteiger partial charge is 0.300 e. The highest BCUT2D eigenvalue weighted by Gasteiger charge is 2.33. The summed E-state index contributed by atoms with van der Waals surface area (Å²) in [6, 6.07) is 10.0. The van der Waals surface area contributed by atoms with Crippen LogP contribution < -0.4 is 4.74 Å². The van der Waals surface area contributed by atoms with Gasteiger partial charge in [0.15, 0.2) is 16.5 Å². The zero-order valence-corrected chi connectivity index (χ0v) is 16.2. The van der Waals surface area contributed by atoms with Crippen molar-refractivity contribution < 1.29 is 35.3 Å². The Morgan fingerprint density at radius 1 is 0.931 bits per heavy atom. The zero-order chi connectivity index (χ0) is 21.5. The highest BCUT2D eigenvalue weighted by Crippen LogP contribution is 2.36. The molecule has 0 aliphatic rings. The lowest BCUT2D eigenvalue weighted by Gasteiger charge is -2.13. The van der Waals surface area contributed by atoms with E-state index < -0.39 is 44.0 Å². The fourth-order valence-corrected chi connectivity index (χ4v) is 3.51. The van der Waals surface area contributed by atoms with Crippen LogP contribution in [0.15, 0.2) is 41.3 Å². The van der Waals surface area contributed by atoms with Gasteiger partial charge in [-0.1, -0.05) is 38.1 Å². The second-order valence-corrected chi connectivity index (χ2v) is 7.93. The lowest BCUT2D eigenvalue weighted by Crippen LogP contribution is -2.11. The Labute approximate surface area is 164 Å². The minimum atomic E-state index is -5.53. The normalized spacial score (nSPS) is 12.9. The summed E-state index contributed by atoms with van der Waals surface area (Å²) in [5.41, 5.74) is 1.11. The van der Waals surface area contributed by atoms with Crippen LogP contribution >= 0.6 is 0 Å². The first-order valence-corrected chi connectivity index (χ1v) is 10.0. The minimum absolute atomic E-state index is 0.120. The Morgan fingerprint density at radius 2 is 1.48 bits per heavy atom. The van der Waals surface area contributed by atoms with E-state index in [1.54, 1.807) is 12.1 Å². The topological polar surface area (TPSA) is 63.6 Å². The number of rotatable bonds is 5. The van der Waals surface area contributed by atoms with E-state index in [9.17, 15) is 26.0 Å². The van der Waals surface area contributed by atoms with Gasteiger partial charge in [-0.15, -0.1) is 0 Å². The molecule has 0 saturated carbocycles. The number of ether oxygens (including phenoxy) is 1. The molecule has 0 spiro atoms. The van der Waals surface area contributed by atoms with Crippen molar-refractivity contribution in [1.82, 2.24) is 0 Å². The Balaban J connectivity index is 2.05. The molecule has 0 aliphatic heterocycles. The van der Waals surface area contributed by atoms with Crippen molar-refractivity contribution in [2.24, 2.45) is 0 Å². The first kappa shape index (κ1) is 21.1. The van der Waals surface area contributed by atoms with Crippen LogP contribution in [0.1, 0.15) is 31.7 Å². The van der Waals surface area contributed by atoms with Crippen LogP contribution in [0.4, 0.5) is 17.6 Å². The van der Waals surface area contributed by atoms with E-state index in [1.165, 1.54) is 12.1 Å². The van der Waals surface area contributed by atoms with E-state index in [4.69, 9.17) is 9.29 Å². The lowest BCUT2D eigenvalue weighted by atomic mass is 9.96. The third-order valence-electron chi connectivity index (χ3n) is 4.68. The van der Waals surface area contributed by atoms with E-state index >= 15 is 0 Å². The highest BCUT2D eigenvalue weighted by atomic mass is 32.2. The predicted octanol–water partition coefficient (Wildman–Crippen LogP) is 5.95. The van der Waals surface area contributed by atoms with Gasteiger partial charge in [-0.3, -0.25) is 4.55 Å². The molecule has 0 bridgehead atoms. The van der Waals surface area contributed by atoms with Gasteiger partial charge in [0.1, 0.15) is 5.75 Å². The molecule has 154 valence electrons. The van der Waals surface area contributed by atoms with Gasteiger partial charge in [0.25, 0.3) is 0 Å². The molecule has 0 fully saturated rings. The molecule has 0 amide bonds. The molecule has 0 radical (unpaired) electrons. The average molecular weight is 428 g/mol. The van der Waals surface area contributed by atoms with Crippen LogP contribution in [0, 0.1) is 23.3 Å². The average Bonchev–Trinajstić information content (AvgIpc) is 2.67. The highest BCUT2D eigenvalue weighted by molar-refractivity contribution is 7.85. The molecular formula is C20H16F4O4S. The van der Waals surface area contributed by atoms with E-state index in [2.05, 4.69) is 13.8 Å². The van der Waals surface area contributed by atoms with E-state index in [1.807, 2.05) is 12.1 Å². The first-order chi connectivity index (χ1) is 13.5. The molecule has 3 rings (SSSR count). The van der Waals surface area contributed by atoms with Gasteiger partial charge in [-0.2, -0.15) is 17.2 Å². The van der Waals surface area contributed by atoms with E-state index in [0.29, 0.717) is 11.3 Å². The summed E-state index contributed by atoms with van der Waals surface area (Å²) in [6.07, 6.45) is 0.946. The summed E-state index contributed by atoms with van der Waals surface area (Å²) >= 11 is 0. The van der Waals surface area contributed by atoms with Gasteiger partial charge in [0, 0.05) is 0 Å². The molecule has 3 aromatic rings. The van der Waals surface area contributed by atoms with Crippen molar-refractivity contribution in [1.29, 1.82) is 0 Å². The van der Waals surface area contributed by atoms with Crippen molar-refractivity contribution in [3.63, 3.8) is 0 Å². The quantitative estimate of drug-likeness (QED) is 0.310. The Kier molecular flexibility index (Phi) is 5.55. The van der Waals surface area contributed by atoms with E-state index in [-0.39, 0.29) is 5.75 Å². The SMILES string of the molecule is CCC(C)c1ccc2cc(Oc3c(F)c(F)c(S(=O)(=O)O)c(F)c3F)ccc2c1. The summed E-state index contributed by atoms with van der Waals surface area (Å²) in [6.45, 7) is 4.13. The molecule has 1 unspecified atom stereocenters. The number of fused-ring (bicyclic) bond motifs is 1. The van der Waals surface area contributed by atoms with Gasteiger partial charge < -0.3 is 4.74 Å². The molecule has 29 heavy (non-hydrogen) atoms. The number of halogens is 4. The molecule has 9 heteroatoms. The van der Waals surface area contributed by atoms with Crippen molar-refractivity contribution in [3.8, 4) is 11.5 Å². The largest absolute Gasteiger partial charge is 0.451 e. The Morgan fingerprint density at radius 3 is 2.03 bits per heavy atom. The van der Waals surface area contributed by atoms with Gasteiger partial charge in [-0.05, 0) is 40.8 Å². The summed E-state index contributed by atoms with van der Waals surface area (Å²) in [5.74, 6) is -9.95. The maximum Gasteiger partial charge on any atom is 0.300 e. The second-order valence-electron chi connectivity index (χ2n) is 6.57. The standard InChI is InChI=1S/C20H16F4O4S/c1-3-10(2)11-4-5-13-9-14(7-6-12(13)8-11)28-19-15(21)17(23)20(29(25,26)27)18(24)16(19)22/h4-10H,3H2,1-2H3,(H,25,26,27). The minimum Gasteiger partial charge on any atom is -0.451 e. The second kappa shape index (κ2) is 7.64. The monoisotopic (exact) mass is 428 g/mol. The van der Waals surface area contributed by atoms with Crippen LogP contribution in [0.2, 0.25) is 0 Å². The van der Waals surface area contributed by atoms with Crippen molar-refractivity contribution in [2.75, 3.05) is 0 Å². The van der Waals surface area contributed by atoms with Gasteiger partial charge in [-0.25, -0.2) is 8.78 Å². The number of benzene rings is 3. The predicted molar refractivity (Wildman–Crippen MR) is 98.8 cm³/mol. The molecule has 0 heterocycles. The maximum atomic E-state index is 14.1. The van der Waals surface area contributed by atoms with Crippen LogP contribution in [-0.2, 0) is 10.1 Å². The maximum absolute atomic E-state index is 14.1. The molecular weight excluding hydrogens is 412 g/mol. The fourth-order valence-electron chi connectivity index (χ4n) is 2.87. The fraction of sp³-hybridized carbons (Fsp3) is 0.200. The Hall–Kier alpha value is -2.65. The summed E-state index contributed by atoms with van der Waals surface area (Å²) in [7, 11) is -5.53. The van der Waals surface area contributed by atoms with Crippen molar-refractivity contribution in [2.45, 2.75) is 31.1 Å². The van der Waals surface area contributed by atoms with Crippen molar-refractivity contribution in [3.05, 3.63) is 65.2 Å². The number of hydrogen-bond acceptors (Lipinski definition) is 3. The van der Waals surface area contributed by atoms with Crippen molar-refractivity contribution >= 4 is 20.9 Å².